The highest BCUT2D eigenvalue weighted by atomic mass is 19.4. The lowest BCUT2D eigenvalue weighted by Gasteiger charge is -2.36. The Morgan fingerprint density at radius 2 is 1.54 bits per heavy atom. The predicted molar refractivity (Wildman–Crippen MR) is 95.2 cm³/mol. The first kappa shape index (κ1) is 18.1. The minimum atomic E-state index is -4.45. The molecule has 0 saturated carbocycles. The van der Waals surface area contributed by atoms with Crippen LogP contribution in [0.2, 0.25) is 0 Å². The molecule has 1 fully saturated rings. The number of benzene rings is 2. The van der Waals surface area contributed by atoms with Crippen LogP contribution in [0.3, 0.4) is 0 Å². The minimum Gasteiger partial charge on any atom is -0.376 e. The molecule has 1 heterocycles. The lowest BCUT2D eigenvalue weighted by atomic mass is 10.1. The lowest BCUT2D eigenvalue weighted by molar-refractivity contribution is -0.137. The number of alkyl halides is 3. The standard InChI is InChI=1S/C19H20F3N3O/c20-19(21,22)16-8-4-5-9-17(16)23-14-18(26)25-12-10-24(11-13-25)15-6-2-1-3-7-15/h1-9,23H,10-14H2. The molecule has 0 aromatic heterocycles. The molecule has 0 atom stereocenters. The Morgan fingerprint density at radius 3 is 2.19 bits per heavy atom. The van der Waals surface area contributed by atoms with Gasteiger partial charge in [0.25, 0.3) is 0 Å². The zero-order valence-corrected chi connectivity index (χ0v) is 14.2. The Labute approximate surface area is 150 Å². The summed E-state index contributed by atoms with van der Waals surface area (Å²) in [7, 11) is 0. The number of para-hydroxylation sites is 2. The van der Waals surface area contributed by atoms with Gasteiger partial charge in [0, 0.05) is 37.6 Å². The summed E-state index contributed by atoms with van der Waals surface area (Å²) in [5.74, 6) is -0.199. The fourth-order valence-corrected chi connectivity index (χ4v) is 3.02. The van der Waals surface area contributed by atoms with Crippen LogP contribution in [-0.4, -0.2) is 43.5 Å². The van der Waals surface area contributed by atoms with Gasteiger partial charge in [-0.1, -0.05) is 30.3 Å². The monoisotopic (exact) mass is 363 g/mol. The smallest absolute Gasteiger partial charge is 0.376 e. The third-order valence-corrected chi connectivity index (χ3v) is 4.42. The van der Waals surface area contributed by atoms with Crippen LogP contribution in [0.1, 0.15) is 5.56 Å². The number of piperazine rings is 1. The Balaban J connectivity index is 1.54. The van der Waals surface area contributed by atoms with E-state index >= 15 is 0 Å². The summed E-state index contributed by atoms with van der Waals surface area (Å²) in [6.45, 7) is 2.36. The predicted octanol–water partition coefficient (Wildman–Crippen LogP) is 3.47. The first-order valence-corrected chi connectivity index (χ1v) is 8.43. The number of amides is 1. The summed E-state index contributed by atoms with van der Waals surface area (Å²) in [5.41, 5.74) is 0.273. The van der Waals surface area contributed by atoms with Crippen molar-refractivity contribution in [3.05, 3.63) is 60.2 Å². The van der Waals surface area contributed by atoms with E-state index in [-0.39, 0.29) is 18.1 Å². The van der Waals surface area contributed by atoms with Crippen molar-refractivity contribution in [2.45, 2.75) is 6.18 Å². The van der Waals surface area contributed by atoms with Crippen LogP contribution in [0, 0.1) is 0 Å². The maximum absolute atomic E-state index is 13.0. The Morgan fingerprint density at radius 1 is 0.923 bits per heavy atom. The molecule has 0 spiro atoms. The van der Waals surface area contributed by atoms with Crippen molar-refractivity contribution in [2.75, 3.05) is 42.9 Å². The van der Waals surface area contributed by atoms with Crippen LogP contribution in [0.5, 0.6) is 0 Å². The van der Waals surface area contributed by atoms with Crippen molar-refractivity contribution in [3.8, 4) is 0 Å². The summed E-state index contributed by atoms with van der Waals surface area (Å²) < 4.78 is 39.0. The number of rotatable bonds is 4. The van der Waals surface area contributed by atoms with E-state index < -0.39 is 11.7 Å². The molecule has 0 aliphatic carbocycles. The topological polar surface area (TPSA) is 35.6 Å². The number of halogens is 3. The Bertz CT molecular complexity index is 741. The van der Waals surface area contributed by atoms with Gasteiger partial charge in [0.05, 0.1) is 12.1 Å². The molecular formula is C19H20F3N3O. The second-order valence-corrected chi connectivity index (χ2v) is 6.10. The Hall–Kier alpha value is -2.70. The van der Waals surface area contributed by atoms with Crippen LogP contribution in [0.4, 0.5) is 24.5 Å². The quantitative estimate of drug-likeness (QED) is 0.904. The second kappa shape index (κ2) is 7.68. The van der Waals surface area contributed by atoms with Crippen LogP contribution >= 0.6 is 0 Å². The zero-order chi connectivity index (χ0) is 18.6. The van der Waals surface area contributed by atoms with Gasteiger partial charge in [0.2, 0.25) is 5.91 Å². The molecule has 1 aliphatic rings. The molecule has 0 radical (unpaired) electrons. The highest BCUT2D eigenvalue weighted by Gasteiger charge is 2.33. The molecule has 1 amide bonds. The lowest BCUT2D eigenvalue weighted by Crippen LogP contribution is -2.50. The molecule has 0 bridgehead atoms. The Kier molecular flexibility index (Phi) is 5.35. The average Bonchev–Trinajstić information content (AvgIpc) is 2.66. The normalized spacial score (nSPS) is 15.0. The van der Waals surface area contributed by atoms with E-state index in [1.807, 2.05) is 30.3 Å². The summed E-state index contributed by atoms with van der Waals surface area (Å²) in [4.78, 5) is 16.2. The highest BCUT2D eigenvalue weighted by molar-refractivity contribution is 5.81. The van der Waals surface area contributed by atoms with Gasteiger partial charge in [-0.3, -0.25) is 4.79 Å². The van der Waals surface area contributed by atoms with Gasteiger partial charge in [0.1, 0.15) is 0 Å². The number of nitrogens with one attached hydrogen (secondary N) is 1. The molecular weight excluding hydrogens is 343 g/mol. The molecule has 7 heteroatoms. The number of carbonyl (C=O) groups is 1. The van der Waals surface area contributed by atoms with Crippen molar-refractivity contribution < 1.29 is 18.0 Å². The van der Waals surface area contributed by atoms with E-state index in [1.54, 1.807) is 4.90 Å². The fourth-order valence-electron chi connectivity index (χ4n) is 3.02. The van der Waals surface area contributed by atoms with Gasteiger partial charge < -0.3 is 15.1 Å². The maximum atomic E-state index is 13.0. The molecule has 26 heavy (non-hydrogen) atoms. The average molecular weight is 363 g/mol. The molecule has 1 aliphatic heterocycles. The molecule has 2 aromatic rings. The number of anilines is 2. The molecule has 138 valence electrons. The minimum absolute atomic E-state index is 0.0729. The van der Waals surface area contributed by atoms with Crippen LogP contribution in [0.15, 0.2) is 54.6 Å². The van der Waals surface area contributed by atoms with E-state index in [9.17, 15) is 18.0 Å². The van der Waals surface area contributed by atoms with Gasteiger partial charge in [0.15, 0.2) is 0 Å². The SMILES string of the molecule is O=C(CNc1ccccc1C(F)(F)F)N1CCN(c2ccccc2)CC1. The highest BCUT2D eigenvalue weighted by Crippen LogP contribution is 2.34. The third-order valence-electron chi connectivity index (χ3n) is 4.42. The second-order valence-electron chi connectivity index (χ2n) is 6.10. The molecule has 1 saturated heterocycles. The molecule has 1 N–H and O–H groups in total. The van der Waals surface area contributed by atoms with E-state index in [1.165, 1.54) is 18.2 Å². The van der Waals surface area contributed by atoms with Gasteiger partial charge in [-0.2, -0.15) is 13.2 Å². The molecule has 2 aromatic carbocycles. The van der Waals surface area contributed by atoms with E-state index in [0.717, 1.165) is 11.8 Å². The van der Waals surface area contributed by atoms with Crippen LogP contribution in [0.25, 0.3) is 0 Å². The largest absolute Gasteiger partial charge is 0.418 e. The van der Waals surface area contributed by atoms with Crippen LogP contribution < -0.4 is 10.2 Å². The van der Waals surface area contributed by atoms with E-state index in [2.05, 4.69) is 10.2 Å². The van der Waals surface area contributed by atoms with Gasteiger partial charge in [-0.05, 0) is 24.3 Å². The summed E-state index contributed by atoms with van der Waals surface area (Å²) >= 11 is 0. The zero-order valence-electron chi connectivity index (χ0n) is 14.2. The first-order chi connectivity index (χ1) is 12.4. The van der Waals surface area contributed by atoms with Gasteiger partial charge in [-0.25, -0.2) is 0 Å². The molecule has 0 unspecified atom stereocenters. The number of nitrogens with zero attached hydrogens (tertiary/aromatic N) is 2. The van der Waals surface area contributed by atoms with Gasteiger partial charge >= 0.3 is 6.18 Å². The van der Waals surface area contributed by atoms with Crippen molar-refractivity contribution in [3.63, 3.8) is 0 Å². The van der Waals surface area contributed by atoms with Crippen molar-refractivity contribution in [2.24, 2.45) is 0 Å². The number of hydrogen-bond acceptors (Lipinski definition) is 3. The van der Waals surface area contributed by atoms with Crippen molar-refractivity contribution in [1.82, 2.24) is 4.90 Å². The number of hydrogen-bond donors (Lipinski definition) is 1. The van der Waals surface area contributed by atoms with Crippen molar-refractivity contribution in [1.29, 1.82) is 0 Å². The third kappa shape index (κ3) is 4.28. The van der Waals surface area contributed by atoms with Crippen LogP contribution in [-0.2, 0) is 11.0 Å². The molecule has 3 rings (SSSR count). The fraction of sp³-hybridized carbons (Fsp3) is 0.316. The summed E-state index contributed by atoms with van der Waals surface area (Å²) in [5, 5.41) is 2.63. The van der Waals surface area contributed by atoms with Gasteiger partial charge in [-0.15, -0.1) is 0 Å². The molecule has 4 nitrogen and oxygen atoms in total. The summed E-state index contributed by atoms with van der Waals surface area (Å²) in [6.07, 6.45) is -4.45. The van der Waals surface area contributed by atoms with E-state index in [0.29, 0.717) is 26.2 Å². The van der Waals surface area contributed by atoms with E-state index in [4.69, 9.17) is 0 Å². The van der Waals surface area contributed by atoms with Crippen molar-refractivity contribution >= 4 is 17.3 Å². The maximum Gasteiger partial charge on any atom is 0.418 e. The summed E-state index contributed by atoms with van der Waals surface area (Å²) in [6, 6.07) is 15.1. The number of carbonyl (C=O) groups excluding carboxylic acids is 1. The first-order valence-electron chi connectivity index (χ1n) is 8.43.